The van der Waals surface area contributed by atoms with Crippen molar-refractivity contribution < 1.29 is 0 Å². The first-order chi connectivity index (χ1) is 8.76. The molecule has 0 fully saturated rings. The predicted octanol–water partition coefficient (Wildman–Crippen LogP) is 1.75. The Labute approximate surface area is 110 Å². The number of hydrogen-bond donors (Lipinski definition) is 3. The second-order valence-corrected chi connectivity index (χ2v) is 4.39. The van der Waals surface area contributed by atoms with E-state index in [-0.39, 0.29) is 0 Å². The predicted molar refractivity (Wildman–Crippen MR) is 77.4 cm³/mol. The first-order valence-electron chi connectivity index (χ1n) is 6.56. The van der Waals surface area contributed by atoms with Gasteiger partial charge in [-0.3, -0.25) is 10.4 Å². The Balaban J connectivity index is 2.33. The molecule has 0 unspecified atom stereocenters. The fraction of sp³-hybridized carbons (Fsp3) is 0.500. The van der Waals surface area contributed by atoms with Crippen LogP contribution in [-0.2, 0) is 6.42 Å². The van der Waals surface area contributed by atoms with Crippen LogP contribution in [0.2, 0.25) is 0 Å². The van der Waals surface area contributed by atoms with E-state index < -0.39 is 0 Å². The Morgan fingerprint density at radius 2 is 2.22 bits per heavy atom. The summed E-state index contributed by atoms with van der Waals surface area (Å²) < 4.78 is 0. The van der Waals surface area contributed by atoms with Crippen LogP contribution in [0.15, 0.2) is 29.3 Å². The normalized spacial score (nSPS) is 11.4. The maximum absolute atomic E-state index is 5.42. The average molecular weight is 248 g/mol. The van der Waals surface area contributed by atoms with Crippen molar-refractivity contribution in [2.75, 3.05) is 13.1 Å². The molecule has 0 aliphatic heterocycles. The van der Waals surface area contributed by atoms with Gasteiger partial charge in [0, 0.05) is 13.1 Å². The standard InChI is InChI=1S/C14H24N4/c1-3-4-9-16-14(18-15)17-10-8-13-7-5-6-12(2)11-13/h5-7,11H,3-4,8-10,15H2,1-2H3,(H2,16,17,18). The number of nitrogens with one attached hydrogen (secondary N) is 2. The van der Waals surface area contributed by atoms with Gasteiger partial charge < -0.3 is 5.32 Å². The van der Waals surface area contributed by atoms with Gasteiger partial charge in [0.25, 0.3) is 0 Å². The zero-order valence-corrected chi connectivity index (χ0v) is 11.4. The number of hydrogen-bond acceptors (Lipinski definition) is 2. The van der Waals surface area contributed by atoms with Gasteiger partial charge in [-0.25, -0.2) is 5.84 Å². The lowest BCUT2D eigenvalue weighted by atomic mass is 10.1. The highest BCUT2D eigenvalue weighted by atomic mass is 15.3. The van der Waals surface area contributed by atoms with Crippen LogP contribution < -0.4 is 16.6 Å². The van der Waals surface area contributed by atoms with E-state index in [1.807, 2.05) is 0 Å². The Hall–Kier alpha value is -1.55. The van der Waals surface area contributed by atoms with Gasteiger partial charge in [-0.15, -0.1) is 0 Å². The molecule has 0 saturated carbocycles. The SMILES string of the molecule is CCCCN=C(NN)NCCc1cccc(C)c1. The van der Waals surface area contributed by atoms with Crippen LogP contribution >= 0.6 is 0 Å². The molecule has 0 aromatic heterocycles. The Bertz CT molecular complexity index is 374. The molecule has 0 spiro atoms. The molecule has 1 aromatic rings. The minimum absolute atomic E-state index is 0.677. The van der Waals surface area contributed by atoms with Gasteiger partial charge in [-0.05, 0) is 25.3 Å². The number of guanidine groups is 1. The van der Waals surface area contributed by atoms with Crippen LogP contribution in [0.5, 0.6) is 0 Å². The third kappa shape index (κ3) is 5.68. The molecule has 0 atom stereocenters. The van der Waals surface area contributed by atoms with Crippen LogP contribution in [-0.4, -0.2) is 19.0 Å². The molecule has 0 saturated heterocycles. The first kappa shape index (κ1) is 14.5. The van der Waals surface area contributed by atoms with Gasteiger partial charge >= 0.3 is 0 Å². The molecule has 4 nitrogen and oxygen atoms in total. The number of unbranched alkanes of at least 4 members (excludes halogenated alkanes) is 1. The highest BCUT2D eigenvalue weighted by Gasteiger charge is 1.96. The lowest BCUT2D eigenvalue weighted by molar-refractivity contribution is 0.770. The van der Waals surface area contributed by atoms with Gasteiger partial charge in [0.15, 0.2) is 0 Å². The highest BCUT2D eigenvalue weighted by Crippen LogP contribution is 2.03. The molecule has 1 rings (SSSR count). The fourth-order valence-corrected chi connectivity index (χ4v) is 1.69. The first-order valence-corrected chi connectivity index (χ1v) is 6.56. The maximum atomic E-state index is 5.42. The van der Waals surface area contributed by atoms with Crippen molar-refractivity contribution in [1.82, 2.24) is 10.7 Å². The van der Waals surface area contributed by atoms with Crippen molar-refractivity contribution in [3.05, 3.63) is 35.4 Å². The lowest BCUT2D eigenvalue weighted by Crippen LogP contribution is -2.42. The summed E-state index contributed by atoms with van der Waals surface area (Å²) in [6.07, 6.45) is 3.20. The largest absolute Gasteiger partial charge is 0.355 e. The molecule has 1 aromatic carbocycles. The molecule has 0 heterocycles. The topological polar surface area (TPSA) is 62.4 Å². The van der Waals surface area contributed by atoms with Crippen molar-refractivity contribution in [2.45, 2.75) is 33.1 Å². The van der Waals surface area contributed by atoms with Crippen LogP contribution in [0.1, 0.15) is 30.9 Å². The Morgan fingerprint density at radius 1 is 1.39 bits per heavy atom. The van der Waals surface area contributed by atoms with Gasteiger partial charge in [0.05, 0.1) is 0 Å². The molecule has 4 N–H and O–H groups in total. The summed E-state index contributed by atoms with van der Waals surface area (Å²) in [7, 11) is 0. The number of benzene rings is 1. The number of nitrogens with zero attached hydrogens (tertiary/aromatic N) is 1. The monoisotopic (exact) mass is 248 g/mol. The number of aryl methyl sites for hydroxylation is 1. The molecular weight excluding hydrogens is 224 g/mol. The lowest BCUT2D eigenvalue weighted by Gasteiger charge is -2.09. The smallest absolute Gasteiger partial charge is 0.205 e. The summed E-state index contributed by atoms with van der Waals surface area (Å²) in [5.74, 6) is 6.09. The third-order valence-electron chi connectivity index (χ3n) is 2.71. The summed E-state index contributed by atoms with van der Waals surface area (Å²) in [6.45, 7) is 5.90. The summed E-state index contributed by atoms with van der Waals surface area (Å²) in [6, 6.07) is 8.53. The van der Waals surface area contributed by atoms with E-state index >= 15 is 0 Å². The average Bonchev–Trinajstić information content (AvgIpc) is 2.37. The summed E-state index contributed by atoms with van der Waals surface area (Å²) in [5, 5.41) is 3.21. The molecular formula is C14H24N4. The van der Waals surface area contributed by atoms with Crippen molar-refractivity contribution in [3.63, 3.8) is 0 Å². The van der Waals surface area contributed by atoms with Crippen molar-refractivity contribution >= 4 is 5.96 Å². The van der Waals surface area contributed by atoms with Gasteiger partial charge in [-0.2, -0.15) is 0 Å². The molecule has 0 amide bonds. The van der Waals surface area contributed by atoms with Crippen LogP contribution in [0.3, 0.4) is 0 Å². The van der Waals surface area contributed by atoms with Crippen molar-refractivity contribution in [3.8, 4) is 0 Å². The van der Waals surface area contributed by atoms with E-state index in [1.165, 1.54) is 11.1 Å². The van der Waals surface area contributed by atoms with E-state index in [0.717, 1.165) is 32.4 Å². The van der Waals surface area contributed by atoms with E-state index in [4.69, 9.17) is 5.84 Å². The molecule has 18 heavy (non-hydrogen) atoms. The number of rotatable bonds is 6. The third-order valence-corrected chi connectivity index (χ3v) is 2.71. The minimum atomic E-state index is 0.677. The zero-order chi connectivity index (χ0) is 13.2. The Kier molecular flexibility index (Phi) is 6.87. The van der Waals surface area contributed by atoms with E-state index in [1.54, 1.807) is 0 Å². The van der Waals surface area contributed by atoms with E-state index in [9.17, 15) is 0 Å². The summed E-state index contributed by atoms with van der Waals surface area (Å²) in [4.78, 5) is 4.35. The summed E-state index contributed by atoms with van der Waals surface area (Å²) in [5.41, 5.74) is 5.22. The molecule has 0 aliphatic rings. The number of nitrogens with two attached hydrogens (primary N) is 1. The molecule has 100 valence electrons. The second-order valence-electron chi connectivity index (χ2n) is 4.39. The second kappa shape index (κ2) is 8.53. The van der Waals surface area contributed by atoms with Gasteiger partial charge in [-0.1, -0.05) is 43.2 Å². The molecule has 4 heteroatoms. The molecule has 0 aliphatic carbocycles. The number of hydrazine groups is 1. The fourth-order valence-electron chi connectivity index (χ4n) is 1.69. The maximum Gasteiger partial charge on any atom is 0.205 e. The quantitative estimate of drug-likeness (QED) is 0.236. The van der Waals surface area contributed by atoms with Crippen LogP contribution in [0.4, 0.5) is 0 Å². The van der Waals surface area contributed by atoms with Crippen molar-refractivity contribution in [2.24, 2.45) is 10.8 Å². The van der Waals surface area contributed by atoms with Crippen LogP contribution in [0, 0.1) is 6.92 Å². The van der Waals surface area contributed by atoms with E-state index in [2.05, 4.69) is 53.8 Å². The minimum Gasteiger partial charge on any atom is -0.355 e. The molecule has 0 radical (unpaired) electrons. The van der Waals surface area contributed by atoms with Crippen LogP contribution in [0.25, 0.3) is 0 Å². The van der Waals surface area contributed by atoms with Gasteiger partial charge in [0.2, 0.25) is 5.96 Å². The summed E-state index contributed by atoms with van der Waals surface area (Å²) >= 11 is 0. The Morgan fingerprint density at radius 3 is 2.89 bits per heavy atom. The van der Waals surface area contributed by atoms with Gasteiger partial charge in [0.1, 0.15) is 0 Å². The number of aliphatic imine (C=N–C) groups is 1. The zero-order valence-electron chi connectivity index (χ0n) is 11.4. The highest BCUT2D eigenvalue weighted by molar-refractivity contribution is 5.79. The molecule has 0 bridgehead atoms. The van der Waals surface area contributed by atoms with Crippen molar-refractivity contribution in [1.29, 1.82) is 0 Å². The van der Waals surface area contributed by atoms with E-state index in [0.29, 0.717) is 5.96 Å².